The van der Waals surface area contributed by atoms with Crippen molar-refractivity contribution in [2.45, 2.75) is 10.9 Å². The minimum absolute atomic E-state index is 0.103. The van der Waals surface area contributed by atoms with Crippen LogP contribution in [0.25, 0.3) is 0 Å². The number of rotatable bonds is 6. The third kappa shape index (κ3) is 4.81. The normalized spacial score (nSPS) is 16.3. The number of hydrogen-bond acceptors (Lipinski definition) is 6. The van der Waals surface area contributed by atoms with Gasteiger partial charge in [-0.1, -0.05) is 18.2 Å². The highest BCUT2D eigenvalue weighted by Gasteiger charge is 2.36. The maximum atomic E-state index is 12.8. The second kappa shape index (κ2) is 9.30. The number of anilines is 1. The predicted molar refractivity (Wildman–Crippen MR) is 114 cm³/mol. The lowest BCUT2D eigenvalue weighted by Crippen LogP contribution is -2.48. The zero-order valence-corrected chi connectivity index (χ0v) is 17.8. The van der Waals surface area contributed by atoms with Gasteiger partial charge < -0.3 is 10.2 Å². The lowest BCUT2D eigenvalue weighted by molar-refractivity contribution is -0.136. The number of thioether (sulfide) groups is 1. The van der Waals surface area contributed by atoms with Crippen molar-refractivity contribution in [2.24, 2.45) is 0 Å². The Balaban J connectivity index is 1.66. The van der Waals surface area contributed by atoms with E-state index in [9.17, 15) is 18.0 Å². The molecule has 1 atom stereocenters. The number of sulfonamides is 1. The number of nitriles is 1. The number of carbonyl (C=O) groups excluding carboxylic acids is 2. The highest BCUT2D eigenvalue weighted by molar-refractivity contribution is 7.99. The molecular formula is C20H20N4O4S2. The van der Waals surface area contributed by atoms with Gasteiger partial charge in [0, 0.05) is 18.5 Å². The molecule has 10 heteroatoms. The van der Waals surface area contributed by atoms with Crippen molar-refractivity contribution >= 4 is 39.3 Å². The quantitative estimate of drug-likeness (QED) is 0.726. The van der Waals surface area contributed by atoms with Gasteiger partial charge in [-0.05, 0) is 36.4 Å². The largest absolute Gasteiger partial charge is 0.324 e. The van der Waals surface area contributed by atoms with Crippen LogP contribution >= 0.6 is 11.8 Å². The summed E-state index contributed by atoms with van der Waals surface area (Å²) in [7, 11) is -2.46. The van der Waals surface area contributed by atoms with Gasteiger partial charge in [0.2, 0.25) is 21.8 Å². The van der Waals surface area contributed by atoms with Crippen LogP contribution in [0.15, 0.2) is 59.5 Å². The topological polar surface area (TPSA) is 111 Å². The summed E-state index contributed by atoms with van der Waals surface area (Å²) in [6, 6.07) is 15.6. The van der Waals surface area contributed by atoms with E-state index in [1.807, 2.05) is 6.07 Å². The standard InChI is InChI=1S/C20H20N4O4S2/c1-23(30(27,28)17-5-3-2-4-6-17)12-19(25)24-14-29-13-18(24)20(26)22-16-9-7-15(11-21)8-10-16/h2-10,18H,12-14H2,1H3,(H,22,26). The summed E-state index contributed by atoms with van der Waals surface area (Å²) in [6.07, 6.45) is 0. The summed E-state index contributed by atoms with van der Waals surface area (Å²) in [5.41, 5.74) is 0.996. The third-order valence-electron chi connectivity index (χ3n) is 4.60. The molecule has 1 N–H and O–H groups in total. The van der Waals surface area contributed by atoms with Gasteiger partial charge in [0.1, 0.15) is 6.04 Å². The number of carbonyl (C=O) groups is 2. The second-order valence-corrected chi connectivity index (χ2v) is 9.68. The summed E-state index contributed by atoms with van der Waals surface area (Å²) >= 11 is 1.43. The molecule has 2 aromatic carbocycles. The molecule has 0 aromatic heterocycles. The number of amides is 2. The lowest BCUT2D eigenvalue weighted by atomic mass is 10.2. The van der Waals surface area contributed by atoms with Gasteiger partial charge in [0.25, 0.3) is 0 Å². The first-order valence-electron chi connectivity index (χ1n) is 9.02. The molecule has 30 heavy (non-hydrogen) atoms. The Morgan fingerprint density at radius 2 is 1.87 bits per heavy atom. The van der Waals surface area contributed by atoms with Crippen molar-refractivity contribution < 1.29 is 18.0 Å². The zero-order chi connectivity index (χ0) is 21.7. The molecule has 0 bridgehead atoms. The summed E-state index contributed by atoms with van der Waals surface area (Å²) < 4.78 is 26.3. The summed E-state index contributed by atoms with van der Waals surface area (Å²) in [5, 5.41) is 11.6. The van der Waals surface area contributed by atoms with Gasteiger partial charge in [-0.3, -0.25) is 9.59 Å². The molecule has 1 saturated heterocycles. The molecule has 3 rings (SSSR count). The van der Waals surface area contributed by atoms with E-state index in [0.717, 1.165) is 4.31 Å². The molecule has 2 aromatic rings. The molecule has 0 saturated carbocycles. The zero-order valence-electron chi connectivity index (χ0n) is 16.2. The van der Waals surface area contributed by atoms with Gasteiger partial charge in [0.05, 0.1) is 28.9 Å². The van der Waals surface area contributed by atoms with Crippen molar-refractivity contribution in [3.8, 4) is 6.07 Å². The molecule has 156 valence electrons. The van der Waals surface area contributed by atoms with E-state index >= 15 is 0 Å². The van der Waals surface area contributed by atoms with Gasteiger partial charge >= 0.3 is 0 Å². The SMILES string of the molecule is CN(CC(=O)N1CSCC1C(=O)Nc1ccc(C#N)cc1)S(=O)(=O)c1ccccc1. The molecule has 8 nitrogen and oxygen atoms in total. The molecule has 1 aliphatic heterocycles. The van der Waals surface area contributed by atoms with Crippen LogP contribution in [0.5, 0.6) is 0 Å². The highest BCUT2D eigenvalue weighted by Crippen LogP contribution is 2.23. The predicted octanol–water partition coefficient (Wildman–Crippen LogP) is 1.72. The van der Waals surface area contributed by atoms with E-state index in [2.05, 4.69) is 5.32 Å². The minimum Gasteiger partial charge on any atom is -0.324 e. The maximum Gasteiger partial charge on any atom is 0.248 e. The van der Waals surface area contributed by atoms with Crippen LogP contribution in [0.3, 0.4) is 0 Å². The van der Waals surface area contributed by atoms with Crippen LogP contribution in [0.4, 0.5) is 5.69 Å². The molecule has 0 spiro atoms. The fraction of sp³-hybridized carbons (Fsp3) is 0.250. The average molecular weight is 445 g/mol. The van der Waals surface area contributed by atoms with E-state index in [-0.39, 0.29) is 17.3 Å². The van der Waals surface area contributed by atoms with Crippen LogP contribution in [-0.4, -0.2) is 60.7 Å². The number of likely N-dealkylation sites (N-methyl/N-ethyl adjacent to an activating group) is 1. The minimum atomic E-state index is -3.80. The molecule has 0 radical (unpaired) electrons. The van der Waals surface area contributed by atoms with Crippen LogP contribution in [-0.2, 0) is 19.6 Å². The van der Waals surface area contributed by atoms with E-state index in [0.29, 0.717) is 22.9 Å². The van der Waals surface area contributed by atoms with Crippen LogP contribution in [0, 0.1) is 11.3 Å². The van der Waals surface area contributed by atoms with Crippen molar-refractivity contribution in [2.75, 3.05) is 30.5 Å². The van der Waals surface area contributed by atoms with Gasteiger partial charge in [-0.25, -0.2) is 8.42 Å². The monoisotopic (exact) mass is 444 g/mol. The molecule has 0 aliphatic carbocycles. The van der Waals surface area contributed by atoms with Crippen molar-refractivity contribution in [1.29, 1.82) is 5.26 Å². The first-order valence-corrected chi connectivity index (χ1v) is 11.6. The fourth-order valence-electron chi connectivity index (χ4n) is 2.90. The van der Waals surface area contributed by atoms with Crippen LogP contribution < -0.4 is 5.32 Å². The molecule has 1 unspecified atom stereocenters. The van der Waals surface area contributed by atoms with Gasteiger partial charge in [-0.15, -0.1) is 11.8 Å². The molecular weight excluding hydrogens is 424 g/mol. The highest BCUT2D eigenvalue weighted by atomic mass is 32.2. The Labute approximate surface area is 179 Å². The maximum absolute atomic E-state index is 12.8. The second-order valence-electron chi connectivity index (χ2n) is 6.63. The molecule has 2 amide bonds. The van der Waals surface area contributed by atoms with Crippen molar-refractivity contribution in [1.82, 2.24) is 9.21 Å². The Kier molecular flexibility index (Phi) is 6.77. The number of hydrogen-bond donors (Lipinski definition) is 1. The van der Waals surface area contributed by atoms with Crippen molar-refractivity contribution in [3.05, 3.63) is 60.2 Å². The Morgan fingerprint density at radius 3 is 2.50 bits per heavy atom. The fourth-order valence-corrected chi connectivity index (χ4v) is 5.22. The Hall–Kier alpha value is -2.87. The number of nitrogens with zero attached hydrogens (tertiary/aromatic N) is 3. The van der Waals surface area contributed by atoms with Gasteiger partial charge in [0.15, 0.2) is 0 Å². The summed E-state index contributed by atoms with van der Waals surface area (Å²) in [5.74, 6) is -0.0689. The average Bonchev–Trinajstić information content (AvgIpc) is 3.25. The van der Waals surface area contributed by atoms with Crippen LogP contribution in [0.1, 0.15) is 5.56 Å². The van der Waals surface area contributed by atoms with E-state index in [4.69, 9.17) is 5.26 Å². The summed E-state index contributed by atoms with van der Waals surface area (Å²) in [4.78, 5) is 26.9. The van der Waals surface area contributed by atoms with Gasteiger partial charge in [-0.2, -0.15) is 9.57 Å². The number of nitrogens with one attached hydrogen (secondary N) is 1. The smallest absolute Gasteiger partial charge is 0.248 e. The Bertz CT molecular complexity index is 1070. The van der Waals surface area contributed by atoms with Crippen LogP contribution in [0.2, 0.25) is 0 Å². The van der Waals surface area contributed by atoms with Crippen molar-refractivity contribution in [3.63, 3.8) is 0 Å². The molecule has 1 aliphatic rings. The molecule has 1 heterocycles. The third-order valence-corrected chi connectivity index (χ3v) is 7.43. The van der Waals surface area contributed by atoms with E-state index in [1.165, 1.54) is 35.8 Å². The van der Waals surface area contributed by atoms with E-state index in [1.54, 1.807) is 42.5 Å². The first kappa shape index (κ1) is 21.8. The Morgan fingerprint density at radius 1 is 1.20 bits per heavy atom. The molecule has 1 fully saturated rings. The van der Waals surface area contributed by atoms with E-state index < -0.39 is 22.0 Å². The first-order chi connectivity index (χ1) is 14.3. The lowest BCUT2D eigenvalue weighted by Gasteiger charge is -2.25. The summed E-state index contributed by atoms with van der Waals surface area (Å²) in [6.45, 7) is -0.363. The number of benzene rings is 2.